The van der Waals surface area contributed by atoms with Crippen molar-refractivity contribution >= 4 is 11.3 Å². The number of rotatable bonds is 3. The van der Waals surface area contributed by atoms with Gasteiger partial charge in [0, 0.05) is 24.9 Å². The summed E-state index contributed by atoms with van der Waals surface area (Å²) in [7, 11) is 2.19. The minimum Gasteiger partial charge on any atom is -0.340 e. The van der Waals surface area contributed by atoms with Crippen LogP contribution in [0.4, 0.5) is 0 Å². The van der Waals surface area contributed by atoms with Crippen molar-refractivity contribution in [3.63, 3.8) is 0 Å². The Morgan fingerprint density at radius 1 is 1.33 bits per heavy atom. The van der Waals surface area contributed by atoms with Crippen molar-refractivity contribution in [2.45, 2.75) is 45.7 Å². The number of aryl methyl sites for hydroxylation is 2. The molecule has 2 aliphatic rings. The molecule has 1 atom stereocenters. The summed E-state index contributed by atoms with van der Waals surface area (Å²) in [6.07, 6.45) is 3.65. The number of piperidine rings is 1. The minimum atomic E-state index is 0.303. The number of hydrogen-bond acceptors (Lipinski definition) is 7. The summed E-state index contributed by atoms with van der Waals surface area (Å²) in [5.74, 6) is 1.52. The molecule has 4 rings (SSSR count). The molecule has 2 aromatic heterocycles. The molecule has 6 nitrogen and oxygen atoms in total. The molecule has 130 valence electrons. The molecule has 7 heteroatoms. The Labute approximate surface area is 146 Å². The van der Waals surface area contributed by atoms with Crippen LogP contribution in [0.25, 0.3) is 0 Å². The van der Waals surface area contributed by atoms with Crippen LogP contribution in [0.3, 0.4) is 0 Å². The van der Waals surface area contributed by atoms with Crippen LogP contribution in [-0.4, -0.2) is 51.6 Å². The second kappa shape index (κ2) is 6.20. The first-order chi connectivity index (χ1) is 11.5. The summed E-state index contributed by atoms with van der Waals surface area (Å²) in [5, 5.41) is 4.16. The number of aromatic nitrogens is 3. The van der Waals surface area contributed by atoms with Gasteiger partial charge in [-0.2, -0.15) is 4.98 Å². The summed E-state index contributed by atoms with van der Waals surface area (Å²) in [6.45, 7) is 8.50. The minimum absolute atomic E-state index is 0.303. The normalized spacial score (nSPS) is 24.9. The van der Waals surface area contributed by atoms with Gasteiger partial charge >= 0.3 is 0 Å². The second-order valence-electron chi connectivity index (χ2n) is 7.44. The summed E-state index contributed by atoms with van der Waals surface area (Å²) >= 11 is 1.78. The molecule has 2 saturated heterocycles. The molecular formula is C17H25N5OS. The average molecular weight is 347 g/mol. The van der Waals surface area contributed by atoms with Gasteiger partial charge in [0.1, 0.15) is 0 Å². The number of hydrogen-bond donors (Lipinski definition) is 0. The van der Waals surface area contributed by atoms with Crippen LogP contribution in [0.2, 0.25) is 0 Å². The lowest BCUT2D eigenvalue weighted by Gasteiger charge is -2.39. The maximum atomic E-state index is 5.19. The fraction of sp³-hybridized carbons (Fsp3) is 0.706. The van der Waals surface area contributed by atoms with E-state index in [0.29, 0.717) is 17.3 Å². The van der Waals surface area contributed by atoms with Gasteiger partial charge in [0.05, 0.1) is 17.2 Å². The van der Waals surface area contributed by atoms with E-state index in [9.17, 15) is 0 Å². The Morgan fingerprint density at radius 2 is 2.12 bits per heavy atom. The third-order valence-electron chi connectivity index (χ3n) is 5.71. The number of nitrogens with zero attached hydrogens (tertiary/aromatic N) is 5. The highest BCUT2D eigenvalue weighted by atomic mass is 32.1. The smallest absolute Gasteiger partial charge is 0.223 e. The topological polar surface area (TPSA) is 58.3 Å². The van der Waals surface area contributed by atoms with Crippen molar-refractivity contribution in [2.75, 3.05) is 26.7 Å². The Bertz CT molecular complexity index is 703. The molecule has 0 saturated carbocycles. The Kier molecular flexibility index (Phi) is 4.18. The third kappa shape index (κ3) is 3.00. The molecule has 0 N–H and O–H groups in total. The molecule has 0 amide bonds. The molecule has 0 bridgehead atoms. The lowest BCUT2D eigenvalue weighted by Crippen LogP contribution is -2.40. The van der Waals surface area contributed by atoms with E-state index in [-0.39, 0.29) is 0 Å². The largest absolute Gasteiger partial charge is 0.340 e. The van der Waals surface area contributed by atoms with Crippen LogP contribution in [-0.2, 0) is 6.54 Å². The van der Waals surface area contributed by atoms with E-state index in [1.165, 1.54) is 36.5 Å². The van der Waals surface area contributed by atoms with Crippen molar-refractivity contribution in [2.24, 2.45) is 5.41 Å². The van der Waals surface area contributed by atoms with E-state index in [4.69, 9.17) is 4.52 Å². The van der Waals surface area contributed by atoms with Crippen LogP contribution in [0.5, 0.6) is 0 Å². The predicted molar refractivity (Wildman–Crippen MR) is 92.8 cm³/mol. The van der Waals surface area contributed by atoms with Gasteiger partial charge < -0.3 is 4.52 Å². The van der Waals surface area contributed by atoms with E-state index in [1.807, 2.05) is 12.4 Å². The molecular weight excluding hydrogens is 322 g/mol. The predicted octanol–water partition coefficient (Wildman–Crippen LogP) is 2.80. The molecule has 24 heavy (non-hydrogen) atoms. The first-order valence-electron chi connectivity index (χ1n) is 8.66. The highest BCUT2D eigenvalue weighted by molar-refractivity contribution is 7.09. The zero-order valence-electron chi connectivity index (χ0n) is 14.7. The molecule has 2 fully saturated rings. The zero-order valence-corrected chi connectivity index (χ0v) is 15.5. The summed E-state index contributed by atoms with van der Waals surface area (Å²) in [4.78, 5) is 15.2. The second-order valence-corrected chi connectivity index (χ2v) is 8.38. The molecule has 0 radical (unpaired) electrons. The van der Waals surface area contributed by atoms with Crippen LogP contribution < -0.4 is 0 Å². The molecule has 0 aromatic carbocycles. The van der Waals surface area contributed by atoms with Crippen LogP contribution in [0.15, 0.2) is 10.0 Å². The van der Waals surface area contributed by atoms with Gasteiger partial charge in [-0.1, -0.05) is 5.16 Å². The van der Waals surface area contributed by atoms with E-state index < -0.39 is 0 Å². The van der Waals surface area contributed by atoms with Crippen molar-refractivity contribution in [3.8, 4) is 0 Å². The van der Waals surface area contributed by atoms with Crippen molar-refractivity contribution in [1.82, 2.24) is 24.9 Å². The highest BCUT2D eigenvalue weighted by Crippen LogP contribution is 2.47. The molecule has 0 aliphatic carbocycles. The van der Waals surface area contributed by atoms with Crippen LogP contribution >= 0.6 is 11.3 Å². The van der Waals surface area contributed by atoms with E-state index in [0.717, 1.165) is 25.3 Å². The fourth-order valence-electron chi connectivity index (χ4n) is 4.24. The molecule has 2 aliphatic heterocycles. The van der Waals surface area contributed by atoms with E-state index in [1.54, 1.807) is 11.3 Å². The lowest BCUT2D eigenvalue weighted by molar-refractivity contribution is 0.106. The van der Waals surface area contributed by atoms with Crippen molar-refractivity contribution in [3.05, 3.63) is 27.8 Å². The van der Waals surface area contributed by atoms with Gasteiger partial charge in [-0.05, 0) is 51.7 Å². The third-order valence-corrected chi connectivity index (χ3v) is 6.63. The Hall–Kier alpha value is -1.31. The quantitative estimate of drug-likeness (QED) is 0.851. The summed E-state index contributed by atoms with van der Waals surface area (Å²) in [5.41, 5.74) is 3.56. The monoisotopic (exact) mass is 347 g/mol. The van der Waals surface area contributed by atoms with Crippen molar-refractivity contribution < 1.29 is 4.52 Å². The van der Waals surface area contributed by atoms with E-state index >= 15 is 0 Å². The van der Waals surface area contributed by atoms with E-state index in [2.05, 4.69) is 38.9 Å². The molecule has 1 unspecified atom stereocenters. The maximum Gasteiger partial charge on any atom is 0.223 e. The SMILES string of the molecule is Cc1nc(C2CC3(CCN(Cc4scnc4C)CC3)CN2C)no1. The lowest BCUT2D eigenvalue weighted by atomic mass is 9.76. The Morgan fingerprint density at radius 3 is 2.75 bits per heavy atom. The summed E-state index contributed by atoms with van der Waals surface area (Å²) in [6, 6.07) is 0.303. The van der Waals surface area contributed by atoms with Crippen LogP contribution in [0, 0.1) is 19.3 Å². The van der Waals surface area contributed by atoms with Gasteiger partial charge in [0.2, 0.25) is 5.89 Å². The summed E-state index contributed by atoms with van der Waals surface area (Å²) < 4.78 is 5.19. The van der Waals surface area contributed by atoms with Gasteiger partial charge in [0.25, 0.3) is 0 Å². The number of thiazole rings is 1. The maximum absolute atomic E-state index is 5.19. The van der Waals surface area contributed by atoms with Gasteiger partial charge in [-0.3, -0.25) is 9.80 Å². The number of likely N-dealkylation sites (tertiary alicyclic amines) is 2. The molecule has 2 aromatic rings. The zero-order chi connectivity index (χ0) is 16.7. The fourth-order valence-corrected chi connectivity index (χ4v) is 5.06. The molecule has 4 heterocycles. The molecule has 1 spiro atoms. The Balaban J connectivity index is 1.39. The highest BCUT2D eigenvalue weighted by Gasteiger charge is 2.46. The van der Waals surface area contributed by atoms with Crippen molar-refractivity contribution in [1.29, 1.82) is 0 Å². The van der Waals surface area contributed by atoms with Gasteiger partial charge in [-0.25, -0.2) is 4.98 Å². The average Bonchev–Trinajstić information content (AvgIpc) is 3.23. The first-order valence-corrected chi connectivity index (χ1v) is 9.54. The first kappa shape index (κ1) is 16.2. The van der Waals surface area contributed by atoms with Gasteiger partial charge in [-0.15, -0.1) is 11.3 Å². The van der Waals surface area contributed by atoms with Gasteiger partial charge in [0.15, 0.2) is 5.82 Å². The van der Waals surface area contributed by atoms with Crippen LogP contribution in [0.1, 0.15) is 47.6 Å². The standard InChI is InChI=1S/C17H25N5OS/c1-12-15(24-11-18-12)9-22-6-4-17(5-7-22)8-14(21(3)10-17)16-19-13(2)23-20-16/h11,14H,4-10H2,1-3H3.